The van der Waals surface area contributed by atoms with Gasteiger partial charge >= 0.3 is 6.09 Å². The van der Waals surface area contributed by atoms with E-state index >= 15 is 0 Å². The molecule has 2 atom stereocenters. The maximum atomic E-state index is 12.6. The molecule has 0 aliphatic carbocycles. The lowest BCUT2D eigenvalue weighted by Crippen LogP contribution is -2.52. The number of benzene rings is 1. The Morgan fingerprint density at radius 1 is 1.25 bits per heavy atom. The molecule has 8 nitrogen and oxygen atoms in total. The Morgan fingerprint density at radius 2 is 1.96 bits per heavy atom. The zero-order valence-electron chi connectivity index (χ0n) is 16.6. The van der Waals surface area contributed by atoms with Gasteiger partial charge in [-0.15, -0.1) is 0 Å². The number of rotatable bonds is 9. The van der Waals surface area contributed by atoms with Crippen LogP contribution in [0.1, 0.15) is 27.2 Å². The first-order valence-corrected chi connectivity index (χ1v) is 9.60. The maximum absolute atomic E-state index is 12.6. The third-order valence-corrected chi connectivity index (χ3v) is 4.43. The molecule has 3 amide bonds. The van der Waals surface area contributed by atoms with Crippen molar-refractivity contribution in [3.63, 3.8) is 0 Å². The second kappa shape index (κ2) is 10.5. The second-order valence-corrected chi connectivity index (χ2v) is 7.00. The molecule has 1 aromatic carbocycles. The van der Waals surface area contributed by atoms with E-state index in [1.807, 2.05) is 44.2 Å². The first kappa shape index (κ1) is 21.5. The quantitative estimate of drug-likeness (QED) is 0.666. The second-order valence-electron chi connectivity index (χ2n) is 7.00. The molecule has 154 valence electrons. The Bertz CT molecular complexity index is 665. The normalized spacial score (nSPS) is 17.4. The minimum Gasteiger partial charge on any atom is -0.492 e. The molecule has 8 heteroatoms. The number of likely N-dealkylation sites (tertiary alicyclic amines) is 1. The van der Waals surface area contributed by atoms with Gasteiger partial charge in [0, 0.05) is 13.0 Å². The van der Waals surface area contributed by atoms with E-state index in [2.05, 4.69) is 10.6 Å². The first-order chi connectivity index (χ1) is 13.4. The van der Waals surface area contributed by atoms with Crippen LogP contribution in [0.4, 0.5) is 4.79 Å². The molecule has 0 saturated carbocycles. The summed E-state index contributed by atoms with van der Waals surface area (Å²) < 4.78 is 10.5. The first-order valence-electron chi connectivity index (χ1n) is 9.60. The van der Waals surface area contributed by atoms with Gasteiger partial charge in [-0.25, -0.2) is 4.79 Å². The number of nitrogens with zero attached hydrogens (tertiary/aromatic N) is 1. The fourth-order valence-corrected chi connectivity index (χ4v) is 3.00. The number of amides is 3. The fraction of sp³-hybridized carbons (Fsp3) is 0.550. The van der Waals surface area contributed by atoms with Crippen molar-refractivity contribution >= 4 is 17.9 Å². The molecule has 1 aliphatic heterocycles. The minimum atomic E-state index is -0.718. The average molecular weight is 391 g/mol. The van der Waals surface area contributed by atoms with Crippen molar-refractivity contribution in [2.24, 2.45) is 5.92 Å². The molecular formula is C20H29N3O5. The van der Waals surface area contributed by atoms with Gasteiger partial charge in [0.2, 0.25) is 11.8 Å². The summed E-state index contributed by atoms with van der Waals surface area (Å²) in [4.78, 5) is 38.1. The van der Waals surface area contributed by atoms with Crippen LogP contribution in [-0.2, 0) is 14.3 Å². The summed E-state index contributed by atoms with van der Waals surface area (Å²) in [5.74, 6) is 0.297. The Balaban J connectivity index is 1.81. The molecule has 28 heavy (non-hydrogen) atoms. The van der Waals surface area contributed by atoms with Gasteiger partial charge in [0.15, 0.2) is 0 Å². The molecule has 2 N–H and O–H groups in total. The van der Waals surface area contributed by atoms with Crippen LogP contribution >= 0.6 is 0 Å². The van der Waals surface area contributed by atoms with E-state index in [9.17, 15) is 14.4 Å². The lowest BCUT2D eigenvalue weighted by molar-refractivity contribution is -0.128. The predicted molar refractivity (Wildman–Crippen MR) is 104 cm³/mol. The zero-order valence-corrected chi connectivity index (χ0v) is 16.6. The highest BCUT2D eigenvalue weighted by Gasteiger charge is 2.33. The minimum absolute atomic E-state index is 0.0265. The molecule has 1 aliphatic rings. The highest BCUT2D eigenvalue weighted by atomic mass is 16.5. The van der Waals surface area contributed by atoms with Gasteiger partial charge in [0.1, 0.15) is 18.4 Å². The highest BCUT2D eigenvalue weighted by Crippen LogP contribution is 2.13. The van der Waals surface area contributed by atoms with Crippen LogP contribution in [0.15, 0.2) is 30.3 Å². The van der Waals surface area contributed by atoms with E-state index in [1.54, 1.807) is 11.8 Å². The monoisotopic (exact) mass is 391 g/mol. The molecule has 1 aromatic rings. The third-order valence-electron chi connectivity index (χ3n) is 4.43. The van der Waals surface area contributed by atoms with E-state index in [-0.39, 0.29) is 36.8 Å². The lowest BCUT2D eigenvalue weighted by Gasteiger charge is -2.23. The van der Waals surface area contributed by atoms with Gasteiger partial charge in [-0.05, 0) is 25.0 Å². The number of carbonyl (C=O) groups excluding carboxylic acids is 3. The van der Waals surface area contributed by atoms with E-state index in [4.69, 9.17) is 9.47 Å². The number of nitrogens with one attached hydrogen (secondary N) is 2. The Kier molecular flexibility index (Phi) is 8.10. The van der Waals surface area contributed by atoms with Gasteiger partial charge in [0.05, 0.1) is 19.2 Å². The summed E-state index contributed by atoms with van der Waals surface area (Å²) in [7, 11) is 0. The molecule has 0 spiro atoms. The van der Waals surface area contributed by atoms with Crippen LogP contribution in [0.3, 0.4) is 0 Å². The van der Waals surface area contributed by atoms with Crippen LogP contribution in [-0.4, -0.2) is 61.2 Å². The Labute approximate surface area is 165 Å². The number of hydrogen-bond acceptors (Lipinski definition) is 5. The van der Waals surface area contributed by atoms with Gasteiger partial charge in [0.25, 0.3) is 0 Å². The number of para-hydroxylation sites is 1. The number of carbonyl (C=O) groups is 3. The lowest BCUT2D eigenvalue weighted by atomic mass is 10.0. The molecular weight excluding hydrogens is 362 g/mol. The largest absolute Gasteiger partial charge is 0.492 e. The zero-order chi connectivity index (χ0) is 20.5. The summed E-state index contributed by atoms with van der Waals surface area (Å²) in [5, 5.41) is 5.44. The van der Waals surface area contributed by atoms with E-state index < -0.39 is 12.1 Å². The highest BCUT2D eigenvalue weighted by molar-refractivity contribution is 5.87. The summed E-state index contributed by atoms with van der Waals surface area (Å²) >= 11 is 0. The SMILES string of the molecule is CCOC(=O)N[C@H](C(=O)N[C@H]1CC(=O)N(CCOc2ccccc2)C1)C(C)C. The molecule has 1 saturated heterocycles. The number of alkyl carbamates (subject to hydrolysis) is 1. The van der Waals surface area contributed by atoms with Crippen LogP contribution in [0.25, 0.3) is 0 Å². The predicted octanol–water partition coefficient (Wildman–Crippen LogP) is 1.55. The Morgan fingerprint density at radius 3 is 2.61 bits per heavy atom. The van der Waals surface area contributed by atoms with Crippen molar-refractivity contribution in [3.05, 3.63) is 30.3 Å². The smallest absolute Gasteiger partial charge is 0.407 e. The topological polar surface area (TPSA) is 97.0 Å². The molecule has 0 unspecified atom stereocenters. The maximum Gasteiger partial charge on any atom is 0.407 e. The van der Waals surface area contributed by atoms with Crippen molar-refractivity contribution < 1.29 is 23.9 Å². The van der Waals surface area contributed by atoms with E-state index in [0.29, 0.717) is 19.7 Å². The molecule has 0 bridgehead atoms. The number of hydrogen-bond donors (Lipinski definition) is 2. The van der Waals surface area contributed by atoms with Crippen molar-refractivity contribution in [1.82, 2.24) is 15.5 Å². The van der Waals surface area contributed by atoms with Crippen LogP contribution in [0.5, 0.6) is 5.75 Å². The van der Waals surface area contributed by atoms with Gasteiger partial charge < -0.3 is 25.0 Å². The summed E-state index contributed by atoms with van der Waals surface area (Å²) in [5.41, 5.74) is 0. The molecule has 0 aromatic heterocycles. The van der Waals surface area contributed by atoms with Crippen LogP contribution in [0.2, 0.25) is 0 Å². The average Bonchev–Trinajstić information content (AvgIpc) is 2.99. The summed E-state index contributed by atoms with van der Waals surface area (Å²) in [6, 6.07) is 8.39. The van der Waals surface area contributed by atoms with Crippen LogP contribution < -0.4 is 15.4 Å². The van der Waals surface area contributed by atoms with E-state index in [1.165, 1.54) is 0 Å². The third kappa shape index (κ3) is 6.44. The number of ether oxygens (including phenoxy) is 2. The van der Waals surface area contributed by atoms with Crippen molar-refractivity contribution in [1.29, 1.82) is 0 Å². The van der Waals surface area contributed by atoms with Crippen LogP contribution in [0, 0.1) is 5.92 Å². The Hall–Kier alpha value is -2.77. The molecule has 1 heterocycles. The summed E-state index contributed by atoms with van der Waals surface area (Å²) in [6.07, 6.45) is -0.389. The fourth-order valence-electron chi connectivity index (χ4n) is 3.00. The van der Waals surface area contributed by atoms with Crippen molar-refractivity contribution in [2.75, 3.05) is 26.3 Å². The van der Waals surface area contributed by atoms with E-state index in [0.717, 1.165) is 5.75 Å². The molecule has 2 rings (SSSR count). The van der Waals surface area contributed by atoms with Crippen molar-refractivity contribution in [3.8, 4) is 5.75 Å². The van der Waals surface area contributed by atoms with Gasteiger partial charge in [-0.1, -0.05) is 32.0 Å². The molecule has 1 fully saturated rings. The standard InChI is InChI=1S/C20H29N3O5/c1-4-27-20(26)22-18(14(2)3)19(25)21-15-12-17(24)23(13-15)10-11-28-16-8-6-5-7-9-16/h5-9,14-15,18H,4,10-13H2,1-3H3,(H,21,25)(H,22,26)/t15-,18-/m0/s1. The van der Waals surface area contributed by atoms with Gasteiger partial charge in [-0.3, -0.25) is 9.59 Å². The van der Waals surface area contributed by atoms with Crippen molar-refractivity contribution in [2.45, 2.75) is 39.3 Å². The molecule has 0 radical (unpaired) electrons. The summed E-state index contributed by atoms with van der Waals surface area (Å²) in [6.45, 7) is 6.86. The van der Waals surface area contributed by atoms with Gasteiger partial charge in [-0.2, -0.15) is 0 Å².